The number of nitrogens with zero attached hydrogens (tertiary/aromatic N) is 2. The molecule has 1 aromatic carbocycles. The lowest BCUT2D eigenvalue weighted by atomic mass is 9.97. The van der Waals surface area contributed by atoms with Crippen molar-refractivity contribution in [2.24, 2.45) is 0 Å². The van der Waals surface area contributed by atoms with E-state index in [1.165, 1.54) is 23.5 Å². The Morgan fingerprint density at radius 1 is 1.22 bits per heavy atom. The van der Waals surface area contributed by atoms with Crippen LogP contribution in [-0.2, 0) is 0 Å². The number of thiophene rings is 1. The molecule has 0 amide bonds. The monoisotopic (exact) mass is 387 g/mol. The first-order chi connectivity index (χ1) is 11.0. The Morgan fingerprint density at radius 3 is 2.48 bits per heavy atom. The van der Waals surface area contributed by atoms with Gasteiger partial charge >= 0.3 is 0 Å². The number of nitrogen functional groups attached to an aromatic ring is 1. The van der Waals surface area contributed by atoms with Gasteiger partial charge < -0.3 is 5.73 Å². The van der Waals surface area contributed by atoms with E-state index in [-0.39, 0.29) is 11.6 Å². The summed E-state index contributed by atoms with van der Waals surface area (Å²) < 4.78 is 14.1. The summed E-state index contributed by atoms with van der Waals surface area (Å²) in [6.07, 6.45) is 0. The molecule has 0 unspecified atom stereocenters. The van der Waals surface area contributed by atoms with E-state index in [9.17, 15) is 9.65 Å². The van der Waals surface area contributed by atoms with E-state index in [0.717, 1.165) is 25.4 Å². The third kappa shape index (κ3) is 2.85. The van der Waals surface area contributed by atoms with Crippen LogP contribution in [0.3, 0.4) is 0 Å². The molecule has 0 aliphatic heterocycles. The first-order valence-electron chi connectivity index (χ1n) is 6.73. The molecule has 0 atom stereocenters. The topological polar surface area (TPSA) is 62.7 Å². The molecule has 0 spiro atoms. The first-order valence-corrected chi connectivity index (χ1v) is 8.34. The molecule has 0 aliphatic carbocycles. The number of aromatic nitrogens is 1. The second kappa shape index (κ2) is 6.11. The highest BCUT2D eigenvalue weighted by Gasteiger charge is 2.19. The highest BCUT2D eigenvalue weighted by atomic mass is 79.9. The van der Waals surface area contributed by atoms with Crippen molar-refractivity contribution in [3.05, 3.63) is 57.1 Å². The van der Waals surface area contributed by atoms with Crippen molar-refractivity contribution in [1.29, 1.82) is 5.26 Å². The van der Waals surface area contributed by atoms with E-state index in [2.05, 4.69) is 27.0 Å². The summed E-state index contributed by atoms with van der Waals surface area (Å²) in [4.78, 5) is 5.30. The number of benzene rings is 1. The zero-order valence-corrected chi connectivity index (χ0v) is 14.5. The second-order valence-electron chi connectivity index (χ2n) is 4.94. The molecule has 3 nitrogen and oxygen atoms in total. The van der Waals surface area contributed by atoms with Crippen molar-refractivity contribution in [1.82, 2.24) is 4.98 Å². The molecule has 2 heterocycles. The molecule has 6 heteroatoms. The maximum atomic E-state index is 13.2. The van der Waals surface area contributed by atoms with Gasteiger partial charge in [0, 0.05) is 16.0 Å². The van der Waals surface area contributed by atoms with Crippen molar-refractivity contribution in [2.75, 3.05) is 5.73 Å². The largest absolute Gasteiger partial charge is 0.383 e. The summed E-state index contributed by atoms with van der Waals surface area (Å²) in [5, 5.41) is 9.46. The summed E-state index contributed by atoms with van der Waals surface area (Å²) >= 11 is 4.96. The lowest BCUT2D eigenvalue weighted by molar-refractivity contribution is 0.628. The average Bonchev–Trinajstić information content (AvgIpc) is 2.95. The van der Waals surface area contributed by atoms with E-state index >= 15 is 0 Å². The number of hydrogen-bond donors (Lipinski definition) is 1. The van der Waals surface area contributed by atoms with Gasteiger partial charge in [-0.05, 0) is 64.8 Å². The van der Waals surface area contributed by atoms with Crippen molar-refractivity contribution < 1.29 is 4.39 Å². The van der Waals surface area contributed by atoms with Gasteiger partial charge in [-0.2, -0.15) is 5.26 Å². The van der Waals surface area contributed by atoms with Crippen LogP contribution in [-0.4, -0.2) is 4.98 Å². The van der Waals surface area contributed by atoms with Crippen molar-refractivity contribution in [3.8, 4) is 27.8 Å². The first kappa shape index (κ1) is 15.7. The summed E-state index contributed by atoms with van der Waals surface area (Å²) in [5.41, 5.74) is 9.39. The Labute approximate surface area is 145 Å². The van der Waals surface area contributed by atoms with Crippen LogP contribution in [0.4, 0.5) is 10.2 Å². The fraction of sp³-hybridized carbons (Fsp3) is 0.0588. The van der Waals surface area contributed by atoms with Gasteiger partial charge in [-0.1, -0.05) is 0 Å². The van der Waals surface area contributed by atoms with E-state index in [1.54, 1.807) is 12.1 Å². The predicted molar refractivity (Wildman–Crippen MR) is 94.5 cm³/mol. The van der Waals surface area contributed by atoms with E-state index in [4.69, 9.17) is 5.73 Å². The molecule has 3 aromatic rings. The molecule has 0 saturated carbocycles. The van der Waals surface area contributed by atoms with Crippen molar-refractivity contribution in [2.45, 2.75) is 6.92 Å². The normalized spacial score (nSPS) is 10.5. The van der Waals surface area contributed by atoms with Crippen LogP contribution in [0.15, 0.2) is 40.2 Å². The number of nitrogens with two attached hydrogens (primary N) is 1. The Bertz CT molecular complexity index is 926. The molecular formula is C17H11BrFN3S. The van der Waals surface area contributed by atoms with Gasteiger partial charge in [0.25, 0.3) is 0 Å². The number of pyridine rings is 1. The molecule has 3 rings (SSSR count). The summed E-state index contributed by atoms with van der Waals surface area (Å²) in [6.45, 7) is 1.90. The van der Waals surface area contributed by atoms with Gasteiger partial charge in [-0.15, -0.1) is 11.3 Å². The maximum absolute atomic E-state index is 13.2. The van der Waals surface area contributed by atoms with Crippen LogP contribution in [0.1, 0.15) is 11.1 Å². The van der Waals surface area contributed by atoms with Crippen LogP contribution in [0.25, 0.3) is 21.7 Å². The zero-order valence-electron chi connectivity index (χ0n) is 12.1. The van der Waals surface area contributed by atoms with Gasteiger partial charge in [-0.25, -0.2) is 9.37 Å². The van der Waals surface area contributed by atoms with E-state index in [0.29, 0.717) is 11.3 Å². The van der Waals surface area contributed by atoms with Crippen LogP contribution >= 0.6 is 27.3 Å². The number of rotatable bonds is 2. The van der Waals surface area contributed by atoms with Gasteiger partial charge in [0.1, 0.15) is 23.3 Å². The molecular weight excluding hydrogens is 377 g/mol. The second-order valence-corrected chi connectivity index (χ2v) is 7.41. The molecule has 23 heavy (non-hydrogen) atoms. The Morgan fingerprint density at radius 2 is 1.91 bits per heavy atom. The minimum atomic E-state index is -0.310. The molecule has 0 fully saturated rings. The number of halogens is 2. The molecule has 2 N–H and O–H groups in total. The smallest absolute Gasteiger partial charge is 0.142 e. The summed E-state index contributed by atoms with van der Waals surface area (Å²) in [7, 11) is 0. The van der Waals surface area contributed by atoms with Crippen molar-refractivity contribution >= 4 is 33.1 Å². The third-order valence-corrected chi connectivity index (χ3v) is 5.16. The SMILES string of the molecule is Cc1c(-c2ccc(F)cc2)nc(N)c(C#N)c1-c1ccc(Br)s1. The number of anilines is 1. The molecule has 0 radical (unpaired) electrons. The number of hydrogen-bond acceptors (Lipinski definition) is 4. The van der Waals surface area contributed by atoms with Gasteiger partial charge in [0.2, 0.25) is 0 Å². The Balaban J connectivity index is 2.30. The van der Waals surface area contributed by atoms with Crippen LogP contribution in [0, 0.1) is 24.1 Å². The van der Waals surface area contributed by atoms with Gasteiger partial charge in [-0.3, -0.25) is 0 Å². The molecule has 0 bridgehead atoms. The molecule has 114 valence electrons. The molecule has 2 aromatic heterocycles. The maximum Gasteiger partial charge on any atom is 0.142 e. The van der Waals surface area contributed by atoms with Crippen LogP contribution in [0.5, 0.6) is 0 Å². The highest BCUT2D eigenvalue weighted by Crippen LogP contribution is 2.39. The fourth-order valence-electron chi connectivity index (χ4n) is 2.45. The molecule has 0 saturated heterocycles. The quantitative estimate of drug-likeness (QED) is 0.661. The van der Waals surface area contributed by atoms with Gasteiger partial charge in [0.15, 0.2) is 0 Å². The predicted octanol–water partition coefficient (Wildman–Crippen LogP) is 5.14. The van der Waals surface area contributed by atoms with Crippen LogP contribution in [0.2, 0.25) is 0 Å². The minimum Gasteiger partial charge on any atom is -0.383 e. The average molecular weight is 388 g/mol. The Hall–Kier alpha value is -2.23. The summed E-state index contributed by atoms with van der Waals surface area (Å²) in [6, 6.07) is 12.1. The molecule has 0 aliphatic rings. The lowest BCUT2D eigenvalue weighted by Crippen LogP contribution is -2.02. The third-order valence-electron chi connectivity index (χ3n) is 3.52. The lowest BCUT2D eigenvalue weighted by Gasteiger charge is -2.13. The highest BCUT2D eigenvalue weighted by molar-refractivity contribution is 9.11. The zero-order chi connectivity index (χ0) is 16.6. The standard InChI is InChI=1S/C17H11BrFN3S/c1-9-15(13-6-7-14(18)23-13)12(8-20)17(21)22-16(9)10-2-4-11(19)5-3-10/h2-7H,1H3,(H2,21,22). The van der Waals surface area contributed by atoms with Gasteiger partial charge in [0.05, 0.1) is 9.48 Å². The number of nitriles is 1. The Kier molecular flexibility index (Phi) is 4.16. The van der Waals surface area contributed by atoms with Crippen LogP contribution < -0.4 is 5.73 Å². The minimum absolute atomic E-state index is 0.178. The van der Waals surface area contributed by atoms with E-state index < -0.39 is 0 Å². The van der Waals surface area contributed by atoms with Crippen molar-refractivity contribution in [3.63, 3.8) is 0 Å². The summed E-state index contributed by atoms with van der Waals surface area (Å²) in [5.74, 6) is -0.132. The van der Waals surface area contributed by atoms with E-state index in [1.807, 2.05) is 19.1 Å². The fourth-order valence-corrected chi connectivity index (χ4v) is 3.95.